The Morgan fingerprint density at radius 1 is 1.35 bits per heavy atom. The van der Waals surface area contributed by atoms with Gasteiger partial charge in [0, 0.05) is 36.9 Å². The number of likely N-dealkylation sites (tertiary alicyclic amines) is 1. The largest absolute Gasteiger partial charge is 0.336 e. The second kappa shape index (κ2) is 7.19. The van der Waals surface area contributed by atoms with E-state index in [0.717, 1.165) is 18.7 Å². The number of nitrogens with two attached hydrogens (primary N) is 1. The zero-order chi connectivity index (χ0) is 15.7. The topological polar surface area (TPSA) is 78.7 Å². The number of amides is 3. The minimum absolute atomic E-state index is 0. The van der Waals surface area contributed by atoms with Crippen LogP contribution in [-0.4, -0.2) is 49.1 Å². The molecule has 2 aliphatic heterocycles. The maximum absolute atomic E-state index is 12.6. The van der Waals surface area contributed by atoms with Crippen molar-refractivity contribution in [2.45, 2.75) is 19.4 Å². The van der Waals surface area contributed by atoms with E-state index in [1.54, 1.807) is 17.0 Å². The van der Waals surface area contributed by atoms with Crippen LogP contribution in [0.2, 0.25) is 0 Å². The zero-order valence-electron chi connectivity index (χ0n) is 13.2. The molecular weight excluding hydrogens is 316 g/mol. The summed E-state index contributed by atoms with van der Waals surface area (Å²) in [5.74, 6) is 0.437. The number of benzene rings is 1. The van der Waals surface area contributed by atoms with Gasteiger partial charge in [-0.25, -0.2) is 4.79 Å². The highest BCUT2D eigenvalue weighted by atomic mass is 35.5. The zero-order valence-corrected chi connectivity index (χ0v) is 14.0. The van der Waals surface area contributed by atoms with Gasteiger partial charge in [0.15, 0.2) is 0 Å². The van der Waals surface area contributed by atoms with Crippen LogP contribution in [0, 0.1) is 5.92 Å². The van der Waals surface area contributed by atoms with E-state index in [1.807, 2.05) is 17.0 Å². The van der Waals surface area contributed by atoms with Crippen molar-refractivity contribution in [1.29, 1.82) is 0 Å². The second-order valence-corrected chi connectivity index (χ2v) is 6.07. The molecule has 0 aromatic heterocycles. The molecule has 0 radical (unpaired) electrons. The Kier molecular flexibility index (Phi) is 5.49. The molecule has 3 rings (SSSR count). The lowest BCUT2D eigenvalue weighted by Gasteiger charge is -2.22. The molecule has 2 heterocycles. The standard InChI is InChI=1S/C16H22N4O2.ClH/c1-11-8-12(9-17)10-20(11)15(21)13-2-4-14(5-3-13)19-7-6-18-16(19)22;/h2-5,11-12H,6-10,17H2,1H3,(H,18,22);1H. The van der Waals surface area contributed by atoms with Crippen LogP contribution in [0.25, 0.3) is 0 Å². The highest BCUT2D eigenvalue weighted by Crippen LogP contribution is 2.25. The van der Waals surface area contributed by atoms with Crippen LogP contribution in [-0.2, 0) is 0 Å². The predicted molar refractivity (Wildman–Crippen MR) is 92.1 cm³/mol. The SMILES string of the molecule is CC1CC(CN)CN1C(=O)c1ccc(N2CCNC2=O)cc1.Cl. The van der Waals surface area contributed by atoms with Gasteiger partial charge in [-0.05, 0) is 50.1 Å². The Morgan fingerprint density at radius 3 is 2.57 bits per heavy atom. The molecule has 23 heavy (non-hydrogen) atoms. The number of urea groups is 1. The maximum Gasteiger partial charge on any atom is 0.321 e. The van der Waals surface area contributed by atoms with Gasteiger partial charge in [-0.2, -0.15) is 0 Å². The van der Waals surface area contributed by atoms with Crippen molar-refractivity contribution >= 4 is 30.0 Å². The molecule has 3 N–H and O–H groups in total. The van der Waals surface area contributed by atoms with Gasteiger partial charge in [0.25, 0.3) is 5.91 Å². The third-order valence-corrected chi connectivity index (χ3v) is 4.54. The summed E-state index contributed by atoms with van der Waals surface area (Å²) in [6, 6.07) is 7.40. The summed E-state index contributed by atoms with van der Waals surface area (Å²) in [5.41, 5.74) is 7.20. The molecule has 1 aromatic rings. The van der Waals surface area contributed by atoms with Crippen LogP contribution in [0.5, 0.6) is 0 Å². The number of halogens is 1. The van der Waals surface area contributed by atoms with Crippen molar-refractivity contribution in [2.75, 3.05) is 31.1 Å². The van der Waals surface area contributed by atoms with Crippen molar-refractivity contribution in [3.63, 3.8) is 0 Å². The van der Waals surface area contributed by atoms with Gasteiger partial charge in [-0.1, -0.05) is 0 Å². The molecule has 0 bridgehead atoms. The van der Waals surface area contributed by atoms with Gasteiger partial charge in [0.1, 0.15) is 0 Å². The number of nitrogens with zero attached hydrogens (tertiary/aromatic N) is 2. The molecule has 0 spiro atoms. The summed E-state index contributed by atoms with van der Waals surface area (Å²) < 4.78 is 0. The summed E-state index contributed by atoms with van der Waals surface area (Å²) in [4.78, 5) is 27.8. The van der Waals surface area contributed by atoms with Crippen LogP contribution in [0.15, 0.2) is 24.3 Å². The first-order valence-electron chi connectivity index (χ1n) is 7.76. The Hall–Kier alpha value is -1.79. The first kappa shape index (κ1) is 17.6. The van der Waals surface area contributed by atoms with Crippen molar-refractivity contribution < 1.29 is 9.59 Å². The first-order valence-corrected chi connectivity index (χ1v) is 7.76. The quantitative estimate of drug-likeness (QED) is 0.875. The molecule has 2 aliphatic rings. The first-order chi connectivity index (χ1) is 10.6. The second-order valence-electron chi connectivity index (χ2n) is 6.07. The van der Waals surface area contributed by atoms with Crippen LogP contribution in [0.4, 0.5) is 10.5 Å². The van der Waals surface area contributed by atoms with E-state index in [1.165, 1.54) is 0 Å². The Bertz CT molecular complexity index is 578. The summed E-state index contributed by atoms with van der Waals surface area (Å²) in [6.07, 6.45) is 0.967. The third-order valence-electron chi connectivity index (χ3n) is 4.54. The molecule has 6 nitrogen and oxygen atoms in total. The molecule has 3 amide bonds. The molecule has 2 unspecified atom stereocenters. The fourth-order valence-corrected chi connectivity index (χ4v) is 3.26. The Balaban J connectivity index is 0.00000192. The van der Waals surface area contributed by atoms with Gasteiger partial charge in [0.05, 0.1) is 0 Å². The van der Waals surface area contributed by atoms with E-state index in [-0.39, 0.29) is 30.4 Å². The molecule has 2 atom stereocenters. The van der Waals surface area contributed by atoms with E-state index in [0.29, 0.717) is 31.1 Å². The minimum Gasteiger partial charge on any atom is -0.336 e. The van der Waals surface area contributed by atoms with Crippen LogP contribution >= 0.6 is 12.4 Å². The molecule has 126 valence electrons. The molecular formula is C16H23ClN4O2. The van der Waals surface area contributed by atoms with Crippen LogP contribution in [0.3, 0.4) is 0 Å². The predicted octanol–water partition coefficient (Wildman–Crippen LogP) is 1.45. The maximum atomic E-state index is 12.6. The van der Waals surface area contributed by atoms with Gasteiger partial charge in [-0.15, -0.1) is 12.4 Å². The molecule has 7 heteroatoms. The lowest BCUT2D eigenvalue weighted by molar-refractivity contribution is 0.0743. The molecule has 0 saturated carbocycles. The summed E-state index contributed by atoms with van der Waals surface area (Å²) >= 11 is 0. The number of carbonyl (C=O) groups is 2. The monoisotopic (exact) mass is 338 g/mol. The number of hydrogen-bond acceptors (Lipinski definition) is 3. The van der Waals surface area contributed by atoms with Crippen LogP contribution < -0.4 is 16.0 Å². The normalized spacial score (nSPS) is 23.7. The Labute approximate surface area is 142 Å². The molecule has 2 fully saturated rings. The Morgan fingerprint density at radius 2 is 2.04 bits per heavy atom. The van der Waals surface area contributed by atoms with E-state index < -0.39 is 0 Å². The van der Waals surface area contributed by atoms with Gasteiger partial charge >= 0.3 is 6.03 Å². The lowest BCUT2D eigenvalue weighted by Crippen LogP contribution is -2.34. The van der Waals surface area contributed by atoms with Gasteiger partial charge in [-0.3, -0.25) is 9.69 Å². The highest BCUT2D eigenvalue weighted by Gasteiger charge is 2.32. The summed E-state index contributed by atoms with van der Waals surface area (Å²) in [6.45, 7) is 4.74. The fourth-order valence-electron chi connectivity index (χ4n) is 3.26. The van der Waals surface area contributed by atoms with Gasteiger partial charge in [0.2, 0.25) is 0 Å². The van der Waals surface area contributed by atoms with E-state index >= 15 is 0 Å². The van der Waals surface area contributed by atoms with Gasteiger partial charge < -0.3 is 16.0 Å². The molecule has 0 aliphatic carbocycles. The minimum atomic E-state index is -0.0852. The smallest absolute Gasteiger partial charge is 0.321 e. The van der Waals surface area contributed by atoms with Crippen molar-refractivity contribution in [3.05, 3.63) is 29.8 Å². The highest BCUT2D eigenvalue weighted by molar-refractivity contribution is 5.97. The van der Waals surface area contributed by atoms with Crippen molar-refractivity contribution in [1.82, 2.24) is 10.2 Å². The number of hydrogen-bond donors (Lipinski definition) is 2. The number of rotatable bonds is 3. The summed E-state index contributed by atoms with van der Waals surface area (Å²) in [7, 11) is 0. The number of anilines is 1. The molecule has 2 saturated heterocycles. The number of carbonyl (C=O) groups excluding carboxylic acids is 2. The van der Waals surface area contributed by atoms with E-state index in [4.69, 9.17) is 5.73 Å². The van der Waals surface area contributed by atoms with E-state index in [2.05, 4.69) is 12.2 Å². The fraction of sp³-hybridized carbons (Fsp3) is 0.500. The lowest BCUT2D eigenvalue weighted by atomic mass is 10.1. The number of nitrogens with one attached hydrogen (secondary N) is 1. The van der Waals surface area contributed by atoms with Crippen molar-refractivity contribution in [3.8, 4) is 0 Å². The van der Waals surface area contributed by atoms with Crippen molar-refractivity contribution in [2.24, 2.45) is 11.7 Å². The summed E-state index contributed by atoms with van der Waals surface area (Å²) in [5, 5.41) is 2.77. The van der Waals surface area contributed by atoms with E-state index in [9.17, 15) is 9.59 Å². The third kappa shape index (κ3) is 3.43. The average Bonchev–Trinajstić information content (AvgIpc) is 3.12. The molecule has 1 aromatic carbocycles. The average molecular weight is 339 g/mol. The van der Waals surface area contributed by atoms with Crippen LogP contribution in [0.1, 0.15) is 23.7 Å².